The van der Waals surface area contributed by atoms with Crippen LogP contribution in [0.4, 0.5) is 0 Å². The molecule has 4 rings (SSSR count). The molecule has 0 bridgehead atoms. The van der Waals surface area contributed by atoms with Crippen LogP contribution in [0.1, 0.15) is 16.4 Å². The average Bonchev–Trinajstić information content (AvgIpc) is 2.99. The van der Waals surface area contributed by atoms with E-state index in [0.29, 0.717) is 5.57 Å². The lowest BCUT2D eigenvalue weighted by Gasteiger charge is -2.26. The predicted octanol–water partition coefficient (Wildman–Crippen LogP) is 4.88. The molecule has 2 N–H and O–H groups in total. The summed E-state index contributed by atoms with van der Waals surface area (Å²) in [5.74, 6) is 0.700. The molecule has 0 radical (unpaired) electrons. The summed E-state index contributed by atoms with van der Waals surface area (Å²) >= 11 is 5.11. The van der Waals surface area contributed by atoms with E-state index in [1.807, 2.05) is 36.4 Å². The Kier molecular flexibility index (Phi) is 3.37. The molecule has 0 spiro atoms. The highest BCUT2D eigenvalue weighted by molar-refractivity contribution is 9.11. The molecule has 3 aromatic rings. The van der Waals surface area contributed by atoms with E-state index >= 15 is 0 Å². The first kappa shape index (κ1) is 14.3. The van der Waals surface area contributed by atoms with Crippen LogP contribution in [0.25, 0.3) is 10.8 Å². The quantitative estimate of drug-likeness (QED) is 0.652. The second-order valence-corrected chi connectivity index (χ2v) is 7.76. The standard InChI is InChI=1S/C18H11BrN2OS/c19-15-8-7-14(23-15)17-12(9-20)18(21)22-13-6-5-10-3-1-2-4-11(10)16(13)17/h1-8,17H,21H2. The Hall–Kier alpha value is -2.29. The van der Waals surface area contributed by atoms with Crippen LogP contribution in [0.3, 0.4) is 0 Å². The summed E-state index contributed by atoms with van der Waals surface area (Å²) in [5.41, 5.74) is 7.48. The van der Waals surface area contributed by atoms with Crippen LogP contribution in [-0.4, -0.2) is 0 Å². The van der Waals surface area contributed by atoms with Crippen LogP contribution >= 0.6 is 27.3 Å². The third-order valence-electron chi connectivity index (χ3n) is 3.99. The maximum Gasteiger partial charge on any atom is 0.205 e. The highest BCUT2D eigenvalue weighted by Crippen LogP contribution is 2.47. The lowest BCUT2D eigenvalue weighted by atomic mass is 9.85. The van der Waals surface area contributed by atoms with Gasteiger partial charge in [0, 0.05) is 10.4 Å². The first-order valence-corrected chi connectivity index (χ1v) is 8.64. The van der Waals surface area contributed by atoms with Gasteiger partial charge in [0.2, 0.25) is 5.88 Å². The lowest BCUT2D eigenvalue weighted by Crippen LogP contribution is -2.20. The summed E-state index contributed by atoms with van der Waals surface area (Å²) in [7, 11) is 0. The molecule has 0 saturated heterocycles. The Bertz CT molecular complexity index is 1000. The number of nitrogens with two attached hydrogens (primary N) is 1. The fourth-order valence-electron chi connectivity index (χ4n) is 3.01. The number of halogens is 1. The number of benzene rings is 2. The van der Waals surface area contributed by atoms with Gasteiger partial charge in [0.1, 0.15) is 17.4 Å². The molecule has 0 aliphatic carbocycles. The van der Waals surface area contributed by atoms with Crippen molar-refractivity contribution in [2.75, 3.05) is 0 Å². The molecule has 3 nitrogen and oxygen atoms in total. The summed E-state index contributed by atoms with van der Waals surface area (Å²) < 4.78 is 6.75. The first-order valence-electron chi connectivity index (χ1n) is 7.03. The van der Waals surface area contributed by atoms with Crippen molar-refractivity contribution in [2.45, 2.75) is 5.92 Å². The molecule has 1 aliphatic rings. The molecule has 23 heavy (non-hydrogen) atoms. The molecular weight excluding hydrogens is 372 g/mol. The van der Waals surface area contributed by atoms with Crippen molar-refractivity contribution in [1.29, 1.82) is 5.26 Å². The zero-order valence-corrected chi connectivity index (χ0v) is 14.3. The van der Waals surface area contributed by atoms with Crippen LogP contribution in [-0.2, 0) is 0 Å². The minimum atomic E-state index is -0.203. The van der Waals surface area contributed by atoms with Crippen LogP contribution in [0.2, 0.25) is 0 Å². The normalized spacial score (nSPS) is 16.8. The second kappa shape index (κ2) is 5.41. The summed E-state index contributed by atoms with van der Waals surface area (Å²) in [5, 5.41) is 11.8. The number of hydrogen-bond donors (Lipinski definition) is 1. The molecule has 0 fully saturated rings. The number of nitriles is 1. The smallest absolute Gasteiger partial charge is 0.205 e. The van der Waals surface area contributed by atoms with Crippen molar-refractivity contribution in [3.63, 3.8) is 0 Å². The summed E-state index contributed by atoms with van der Waals surface area (Å²) in [6.45, 7) is 0. The molecule has 112 valence electrons. The Balaban J connectivity index is 2.07. The molecular formula is C18H11BrN2OS. The molecule has 1 unspecified atom stereocenters. The second-order valence-electron chi connectivity index (χ2n) is 5.27. The van der Waals surface area contributed by atoms with Gasteiger partial charge in [-0.05, 0) is 44.9 Å². The van der Waals surface area contributed by atoms with E-state index in [1.165, 1.54) is 0 Å². The van der Waals surface area contributed by atoms with E-state index in [1.54, 1.807) is 11.3 Å². The van der Waals surface area contributed by atoms with E-state index in [9.17, 15) is 5.26 Å². The molecule has 5 heteroatoms. The van der Waals surface area contributed by atoms with Gasteiger partial charge in [-0.25, -0.2) is 0 Å². The number of fused-ring (bicyclic) bond motifs is 3. The predicted molar refractivity (Wildman–Crippen MR) is 95.3 cm³/mol. The Morgan fingerprint density at radius 2 is 1.96 bits per heavy atom. The fraction of sp³-hybridized carbons (Fsp3) is 0.0556. The van der Waals surface area contributed by atoms with Crippen molar-refractivity contribution in [2.24, 2.45) is 5.73 Å². The fourth-order valence-corrected chi connectivity index (χ4v) is 4.55. The van der Waals surface area contributed by atoms with Crippen LogP contribution in [0, 0.1) is 11.3 Å². The Labute approximate surface area is 145 Å². The van der Waals surface area contributed by atoms with E-state index < -0.39 is 0 Å². The molecule has 2 heterocycles. The van der Waals surface area contributed by atoms with Gasteiger partial charge in [-0.15, -0.1) is 11.3 Å². The van der Waals surface area contributed by atoms with Crippen molar-refractivity contribution in [3.8, 4) is 11.8 Å². The summed E-state index contributed by atoms with van der Waals surface area (Å²) in [6, 6.07) is 18.3. The number of nitrogens with zero attached hydrogens (tertiary/aromatic N) is 1. The van der Waals surface area contributed by atoms with E-state index in [-0.39, 0.29) is 11.8 Å². The first-order chi connectivity index (χ1) is 11.2. The molecule has 1 aliphatic heterocycles. The number of hydrogen-bond acceptors (Lipinski definition) is 4. The van der Waals surface area contributed by atoms with Crippen LogP contribution in [0.15, 0.2) is 63.8 Å². The minimum Gasteiger partial charge on any atom is -0.440 e. The van der Waals surface area contributed by atoms with Gasteiger partial charge < -0.3 is 10.5 Å². The maximum atomic E-state index is 9.62. The van der Waals surface area contributed by atoms with Gasteiger partial charge in [0.15, 0.2) is 0 Å². The highest BCUT2D eigenvalue weighted by atomic mass is 79.9. The van der Waals surface area contributed by atoms with Gasteiger partial charge in [-0.3, -0.25) is 0 Å². The maximum absolute atomic E-state index is 9.62. The zero-order chi connectivity index (χ0) is 16.0. The van der Waals surface area contributed by atoms with Crippen LogP contribution < -0.4 is 10.5 Å². The van der Waals surface area contributed by atoms with Gasteiger partial charge in [-0.1, -0.05) is 30.3 Å². The van der Waals surface area contributed by atoms with Crippen molar-refractivity contribution >= 4 is 38.0 Å². The molecule has 1 aromatic heterocycles. The number of ether oxygens (including phenoxy) is 1. The van der Waals surface area contributed by atoms with Crippen molar-refractivity contribution in [1.82, 2.24) is 0 Å². The largest absolute Gasteiger partial charge is 0.440 e. The van der Waals surface area contributed by atoms with Crippen LogP contribution in [0.5, 0.6) is 5.75 Å². The van der Waals surface area contributed by atoms with Crippen molar-refractivity contribution in [3.05, 3.63) is 74.2 Å². The molecule has 0 saturated carbocycles. The topological polar surface area (TPSA) is 59.0 Å². The van der Waals surface area contributed by atoms with Crippen molar-refractivity contribution < 1.29 is 4.74 Å². The Morgan fingerprint density at radius 3 is 2.70 bits per heavy atom. The van der Waals surface area contributed by atoms with Gasteiger partial charge >= 0.3 is 0 Å². The van der Waals surface area contributed by atoms with Gasteiger partial charge in [0.05, 0.1) is 9.70 Å². The number of thiophene rings is 1. The number of allylic oxidation sites excluding steroid dienone is 1. The third kappa shape index (κ3) is 2.23. The van der Waals surface area contributed by atoms with E-state index in [0.717, 1.165) is 30.7 Å². The number of rotatable bonds is 1. The highest BCUT2D eigenvalue weighted by Gasteiger charge is 2.32. The third-order valence-corrected chi connectivity index (χ3v) is 5.68. The monoisotopic (exact) mass is 382 g/mol. The summed E-state index contributed by atoms with van der Waals surface area (Å²) in [6.07, 6.45) is 0. The molecule has 0 amide bonds. The average molecular weight is 383 g/mol. The van der Waals surface area contributed by atoms with E-state index in [4.69, 9.17) is 10.5 Å². The Morgan fingerprint density at radius 1 is 1.13 bits per heavy atom. The molecule has 1 atom stereocenters. The summed E-state index contributed by atoms with van der Waals surface area (Å²) in [4.78, 5) is 1.07. The molecule has 2 aromatic carbocycles. The SMILES string of the molecule is N#CC1=C(N)Oc2ccc3ccccc3c2C1c1ccc(Br)s1. The van der Waals surface area contributed by atoms with Gasteiger partial charge in [0.25, 0.3) is 0 Å². The minimum absolute atomic E-state index is 0.185. The van der Waals surface area contributed by atoms with Gasteiger partial charge in [-0.2, -0.15) is 5.26 Å². The lowest BCUT2D eigenvalue weighted by molar-refractivity contribution is 0.395. The van der Waals surface area contributed by atoms with E-state index in [2.05, 4.69) is 34.1 Å². The zero-order valence-electron chi connectivity index (χ0n) is 11.9.